The number of alkyl halides is 3. The summed E-state index contributed by atoms with van der Waals surface area (Å²) in [6.45, 7) is 0.633. The van der Waals surface area contributed by atoms with Gasteiger partial charge in [-0.25, -0.2) is 13.8 Å². The zero-order valence-corrected chi connectivity index (χ0v) is 21.2. The Kier molecular flexibility index (Phi) is 7.36. The number of aromatic nitrogens is 3. The van der Waals surface area contributed by atoms with Crippen molar-refractivity contribution in [3.05, 3.63) is 82.6 Å². The van der Waals surface area contributed by atoms with Crippen LogP contribution >= 0.6 is 11.3 Å². The number of carbonyl (C=O) groups excluding carboxylic acids is 1. The minimum Gasteiger partial charge on any atom is -0.366 e. The molecule has 5 rings (SSSR count). The van der Waals surface area contributed by atoms with E-state index in [-0.39, 0.29) is 17.4 Å². The molecule has 7 nitrogen and oxygen atoms in total. The molecule has 1 atom stereocenters. The molecule has 1 aliphatic heterocycles. The summed E-state index contributed by atoms with van der Waals surface area (Å²) >= 11 is 1.13. The van der Waals surface area contributed by atoms with E-state index < -0.39 is 41.4 Å². The Morgan fingerprint density at radius 1 is 1.15 bits per heavy atom. The van der Waals surface area contributed by atoms with Crippen molar-refractivity contribution in [1.82, 2.24) is 14.8 Å². The predicted octanol–water partition coefficient (Wildman–Crippen LogP) is 5.53. The minimum absolute atomic E-state index is 0.0711. The van der Waals surface area contributed by atoms with Crippen molar-refractivity contribution in [3.8, 4) is 10.6 Å². The van der Waals surface area contributed by atoms with Crippen LogP contribution in [0.2, 0.25) is 0 Å². The zero-order valence-electron chi connectivity index (χ0n) is 20.4. The SMILES string of the molecule is NC1CCCN(c2c(F)cccc2NC(=O)c2csc(-c3cnn(Cc4c(F)cccc4C(F)(F)F)c3)n2)C1. The van der Waals surface area contributed by atoms with Crippen molar-refractivity contribution >= 4 is 28.6 Å². The van der Waals surface area contributed by atoms with E-state index in [1.807, 2.05) is 4.90 Å². The normalized spacial score (nSPS) is 15.9. The summed E-state index contributed by atoms with van der Waals surface area (Å²) in [6.07, 6.45) is -0.266. The van der Waals surface area contributed by atoms with Gasteiger partial charge in [-0.15, -0.1) is 11.3 Å². The Morgan fingerprint density at radius 3 is 2.69 bits per heavy atom. The van der Waals surface area contributed by atoms with Crippen LogP contribution < -0.4 is 16.0 Å². The molecule has 39 heavy (non-hydrogen) atoms. The van der Waals surface area contributed by atoms with Crippen molar-refractivity contribution in [3.63, 3.8) is 0 Å². The lowest BCUT2D eigenvalue weighted by molar-refractivity contribution is -0.138. The van der Waals surface area contributed by atoms with Gasteiger partial charge in [0.2, 0.25) is 0 Å². The summed E-state index contributed by atoms with van der Waals surface area (Å²) in [7, 11) is 0. The maximum atomic E-state index is 14.8. The third-order valence-electron chi connectivity index (χ3n) is 6.37. The molecule has 3 N–H and O–H groups in total. The highest BCUT2D eigenvalue weighted by Crippen LogP contribution is 2.34. The number of piperidine rings is 1. The number of hydrogen-bond donors (Lipinski definition) is 2. The van der Waals surface area contributed by atoms with Gasteiger partial charge in [-0.05, 0) is 37.1 Å². The first-order chi connectivity index (χ1) is 18.6. The molecule has 1 unspecified atom stereocenters. The first kappa shape index (κ1) is 26.8. The fraction of sp³-hybridized carbons (Fsp3) is 0.269. The molecule has 1 amide bonds. The van der Waals surface area contributed by atoms with E-state index in [0.717, 1.165) is 42.4 Å². The number of anilines is 2. The van der Waals surface area contributed by atoms with Crippen LogP contribution in [0.1, 0.15) is 34.5 Å². The van der Waals surface area contributed by atoms with E-state index in [1.165, 1.54) is 34.6 Å². The van der Waals surface area contributed by atoms with Gasteiger partial charge in [-0.1, -0.05) is 12.1 Å². The molecule has 0 radical (unpaired) electrons. The highest BCUT2D eigenvalue weighted by Gasteiger charge is 2.34. The number of nitrogens with one attached hydrogen (secondary N) is 1. The van der Waals surface area contributed by atoms with Crippen LogP contribution in [0.3, 0.4) is 0 Å². The van der Waals surface area contributed by atoms with Crippen LogP contribution in [0.15, 0.2) is 54.2 Å². The summed E-state index contributed by atoms with van der Waals surface area (Å²) in [5.41, 5.74) is 5.53. The van der Waals surface area contributed by atoms with E-state index >= 15 is 0 Å². The number of para-hydroxylation sites is 1. The molecule has 4 aromatic rings. The van der Waals surface area contributed by atoms with E-state index in [0.29, 0.717) is 29.3 Å². The highest BCUT2D eigenvalue weighted by molar-refractivity contribution is 7.13. The van der Waals surface area contributed by atoms with Gasteiger partial charge in [0.15, 0.2) is 0 Å². The Hall–Kier alpha value is -3.84. The minimum atomic E-state index is -4.72. The average Bonchev–Trinajstić information content (AvgIpc) is 3.55. The quantitative estimate of drug-likeness (QED) is 0.302. The van der Waals surface area contributed by atoms with E-state index in [4.69, 9.17) is 5.73 Å². The number of thiazole rings is 1. The molecule has 1 aliphatic rings. The second-order valence-electron chi connectivity index (χ2n) is 9.17. The van der Waals surface area contributed by atoms with Gasteiger partial charge < -0.3 is 16.0 Å². The number of nitrogens with two attached hydrogens (primary N) is 1. The molecule has 1 saturated heterocycles. The monoisotopic (exact) mass is 562 g/mol. The number of nitrogens with zero attached hydrogens (tertiary/aromatic N) is 4. The van der Waals surface area contributed by atoms with Crippen LogP contribution in [0.5, 0.6) is 0 Å². The standard InChI is InChI=1S/C26H23F5N6OS/c27-19-6-1-5-18(26(29,30)31)17(19)13-37-11-15(10-33-37)25-35-22(14-39-25)24(38)34-21-8-2-7-20(28)23(21)36-9-3-4-16(32)12-36/h1-2,5-8,10-11,14,16H,3-4,9,12-13,32H2,(H,34,38). The van der Waals surface area contributed by atoms with Crippen LogP contribution in [0, 0.1) is 11.6 Å². The summed E-state index contributed by atoms with van der Waals surface area (Å²) in [5, 5.41) is 8.66. The first-order valence-corrected chi connectivity index (χ1v) is 12.9. The topological polar surface area (TPSA) is 89.1 Å². The molecule has 0 bridgehead atoms. The van der Waals surface area contributed by atoms with Crippen LogP contribution in [0.25, 0.3) is 10.6 Å². The van der Waals surface area contributed by atoms with Crippen molar-refractivity contribution in [2.45, 2.75) is 31.6 Å². The van der Waals surface area contributed by atoms with Crippen LogP contribution in [-0.4, -0.2) is 39.8 Å². The molecule has 1 fully saturated rings. The summed E-state index contributed by atoms with van der Waals surface area (Å²) in [5.74, 6) is -2.02. The van der Waals surface area contributed by atoms with Gasteiger partial charge in [0.05, 0.1) is 29.7 Å². The number of hydrogen-bond acceptors (Lipinski definition) is 6. The third-order valence-corrected chi connectivity index (χ3v) is 7.26. The van der Waals surface area contributed by atoms with Crippen LogP contribution in [0.4, 0.5) is 33.3 Å². The lowest BCUT2D eigenvalue weighted by atomic mass is 10.1. The van der Waals surface area contributed by atoms with Crippen molar-refractivity contribution in [2.75, 3.05) is 23.3 Å². The first-order valence-electron chi connectivity index (χ1n) is 12.0. The van der Waals surface area contributed by atoms with Gasteiger partial charge in [0.25, 0.3) is 5.91 Å². The molecule has 2 aromatic carbocycles. The Bertz CT molecular complexity index is 1500. The second-order valence-corrected chi connectivity index (χ2v) is 10.0. The van der Waals surface area contributed by atoms with Crippen molar-refractivity contribution < 1.29 is 26.7 Å². The summed E-state index contributed by atoms with van der Waals surface area (Å²) < 4.78 is 70.2. The van der Waals surface area contributed by atoms with E-state index in [1.54, 1.807) is 6.07 Å². The Balaban J connectivity index is 1.33. The zero-order chi connectivity index (χ0) is 27.7. The largest absolute Gasteiger partial charge is 0.416 e. The molecule has 0 spiro atoms. The number of benzene rings is 2. The van der Waals surface area contributed by atoms with Gasteiger partial charge in [-0.3, -0.25) is 9.48 Å². The van der Waals surface area contributed by atoms with Gasteiger partial charge >= 0.3 is 6.18 Å². The summed E-state index contributed by atoms with van der Waals surface area (Å²) in [6, 6.07) is 7.12. The lowest BCUT2D eigenvalue weighted by Crippen LogP contribution is -2.43. The average molecular weight is 563 g/mol. The molecule has 0 saturated carbocycles. The molecular formula is C26H23F5N6OS. The second kappa shape index (κ2) is 10.7. The number of rotatable bonds is 6. The van der Waals surface area contributed by atoms with E-state index in [9.17, 15) is 26.7 Å². The predicted molar refractivity (Wildman–Crippen MR) is 138 cm³/mol. The van der Waals surface area contributed by atoms with Crippen molar-refractivity contribution in [2.24, 2.45) is 5.73 Å². The van der Waals surface area contributed by atoms with E-state index in [2.05, 4.69) is 15.4 Å². The molecule has 13 heteroatoms. The number of amides is 1. The Morgan fingerprint density at radius 2 is 1.92 bits per heavy atom. The fourth-order valence-electron chi connectivity index (χ4n) is 4.56. The smallest absolute Gasteiger partial charge is 0.366 e. The highest BCUT2D eigenvalue weighted by atomic mass is 32.1. The maximum absolute atomic E-state index is 14.8. The van der Waals surface area contributed by atoms with Gasteiger partial charge in [0.1, 0.15) is 22.3 Å². The fourth-order valence-corrected chi connectivity index (χ4v) is 5.33. The van der Waals surface area contributed by atoms with Crippen molar-refractivity contribution in [1.29, 1.82) is 0 Å². The third kappa shape index (κ3) is 5.78. The van der Waals surface area contributed by atoms with Gasteiger partial charge in [0, 0.05) is 41.8 Å². The number of carbonyl (C=O) groups is 1. The lowest BCUT2D eigenvalue weighted by Gasteiger charge is -2.34. The molecule has 3 heterocycles. The maximum Gasteiger partial charge on any atom is 0.416 e. The molecule has 0 aliphatic carbocycles. The van der Waals surface area contributed by atoms with Gasteiger partial charge in [-0.2, -0.15) is 18.3 Å². The molecular weight excluding hydrogens is 539 g/mol. The Labute approximate surface area is 224 Å². The number of halogens is 5. The summed E-state index contributed by atoms with van der Waals surface area (Å²) in [4.78, 5) is 19.1. The van der Waals surface area contributed by atoms with Crippen LogP contribution in [-0.2, 0) is 12.7 Å². The molecule has 204 valence electrons. The molecule has 2 aromatic heterocycles.